The predicted octanol–water partition coefficient (Wildman–Crippen LogP) is 3.62. The minimum absolute atomic E-state index is 0.0761. The van der Waals surface area contributed by atoms with Crippen molar-refractivity contribution in [1.29, 1.82) is 0 Å². The molecule has 0 saturated carbocycles. The normalized spacial score (nSPS) is 21.4. The summed E-state index contributed by atoms with van der Waals surface area (Å²) in [4.78, 5) is 19.8. The molecule has 1 aromatic carbocycles. The van der Waals surface area contributed by atoms with Crippen molar-refractivity contribution in [1.82, 2.24) is 14.8 Å². The minimum Gasteiger partial charge on any atom is -0.368 e. The summed E-state index contributed by atoms with van der Waals surface area (Å²) >= 11 is -0.412. The van der Waals surface area contributed by atoms with Crippen LogP contribution in [0.4, 0.5) is 5.69 Å². The summed E-state index contributed by atoms with van der Waals surface area (Å²) in [5, 5.41) is 6.11. The molecule has 0 radical (unpaired) electrons. The molecule has 0 bridgehead atoms. The maximum atomic E-state index is 12.0. The average molecular weight is 518 g/mol. The molecule has 4 rings (SSSR count). The van der Waals surface area contributed by atoms with E-state index < -0.39 is 20.7 Å². The quantitative estimate of drug-likeness (QED) is 0.432. The Morgan fingerprint density at radius 1 is 1.23 bits per heavy atom. The third-order valence-corrected chi connectivity index (χ3v) is 8.29. The molecular formula is C23H27IN4O2. The fourth-order valence-electron chi connectivity index (χ4n) is 4.00. The van der Waals surface area contributed by atoms with Crippen LogP contribution in [0.3, 0.4) is 0 Å². The van der Waals surface area contributed by atoms with Crippen LogP contribution in [0.5, 0.6) is 0 Å². The number of rotatable bonds is 6. The second-order valence-electron chi connectivity index (χ2n) is 7.63. The standard InChI is InChI=1S/C23H27IN4O2/c1-17-20(16-26(2)30-3)12-14-27(17)21-9-6-18(7-10-21)19-8-11-22(24-15-19)28-23(29)5-4-13-25-28/h4-11,13,15,17,20H,12,14,16H2,1-3H3. The summed E-state index contributed by atoms with van der Waals surface area (Å²) in [6, 6.07) is 12.6. The number of hydroxylamine groups is 2. The third kappa shape index (κ3) is 4.48. The van der Waals surface area contributed by atoms with E-state index in [0.717, 1.165) is 16.8 Å². The molecule has 30 heavy (non-hydrogen) atoms. The van der Waals surface area contributed by atoms with Gasteiger partial charge in [-0.05, 0) is 58.7 Å². The SMILES string of the molecule is CON(C)CC1CCN(c2ccc(C3=CC=C(n4ncccc4=O)I=C3)cc2)C1C. The Morgan fingerprint density at radius 3 is 2.70 bits per heavy atom. The van der Waals surface area contributed by atoms with Gasteiger partial charge in [-0.25, -0.2) is 0 Å². The highest BCUT2D eigenvalue weighted by Crippen LogP contribution is 2.32. The van der Waals surface area contributed by atoms with Crippen LogP contribution in [0.2, 0.25) is 0 Å². The first-order chi connectivity index (χ1) is 14.6. The molecule has 1 saturated heterocycles. The van der Waals surface area contributed by atoms with Crippen LogP contribution in [0.25, 0.3) is 9.28 Å². The van der Waals surface area contributed by atoms with Gasteiger partial charge in [0.05, 0.1) is 7.11 Å². The number of nitrogens with zero attached hydrogens (tertiary/aromatic N) is 4. The van der Waals surface area contributed by atoms with E-state index in [0.29, 0.717) is 12.0 Å². The Bertz CT molecular complexity index is 1040. The molecule has 3 heterocycles. The lowest BCUT2D eigenvalue weighted by atomic mass is 10.0. The lowest BCUT2D eigenvalue weighted by Gasteiger charge is -2.28. The number of halogens is 1. The lowest BCUT2D eigenvalue weighted by molar-refractivity contribution is -0.118. The fraction of sp³-hybridized carbons (Fsp3) is 0.348. The van der Waals surface area contributed by atoms with Crippen molar-refractivity contribution >= 4 is 39.7 Å². The van der Waals surface area contributed by atoms with E-state index in [1.165, 1.54) is 27.9 Å². The zero-order valence-corrected chi connectivity index (χ0v) is 19.7. The number of hydrogen-bond acceptors (Lipinski definition) is 5. The van der Waals surface area contributed by atoms with Gasteiger partial charge in [0, 0.05) is 44.1 Å². The summed E-state index contributed by atoms with van der Waals surface area (Å²) in [6.07, 6.45) is 6.95. The van der Waals surface area contributed by atoms with Gasteiger partial charge in [-0.3, -0.25) is 4.79 Å². The second-order valence-corrected chi connectivity index (χ2v) is 9.98. The Kier molecular flexibility index (Phi) is 6.60. The number of aromatic nitrogens is 2. The van der Waals surface area contributed by atoms with Crippen molar-refractivity contribution in [2.75, 3.05) is 32.1 Å². The zero-order chi connectivity index (χ0) is 21.1. The van der Waals surface area contributed by atoms with Gasteiger partial charge in [0.2, 0.25) is 0 Å². The van der Waals surface area contributed by atoms with Gasteiger partial charge < -0.3 is 9.74 Å². The molecule has 2 aliphatic rings. The van der Waals surface area contributed by atoms with Gasteiger partial charge in [0.1, 0.15) is 3.70 Å². The molecule has 1 aromatic heterocycles. The van der Waals surface area contributed by atoms with Crippen LogP contribution >= 0.6 is 20.7 Å². The van der Waals surface area contributed by atoms with E-state index >= 15 is 0 Å². The van der Waals surface area contributed by atoms with Crippen molar-refractivity contribution < 1.29 is 4.84 Å². The first kappa shape index (κ1) is 21.1. The molecule has 1 fully saturated rings. The van der Waals surface area contributed by atoms with Gasteiger partial charge in [0.25, 0.3) is 5.56 Å². The summed E-state index contributed by atoms with van der Waals surface area (Å²) in [5.74, 6) is 0.604. The number of hydrogen-bond donors (Lipinski definition) is 0. The molecular weight excluding hydrogens is 491 g/mol. The largest absolute Gasteiger partial charge is 0.368 e. The molecule has 0 spiro atoms. The summed E-state index contributed by atoms with van der Waals surface area (Å²) in [6.45, 7) is 4.34. The second kappa shape index (κ2) is 9.36. The van der Waals surface area contributed by atoms with Crippen LogP contribution in [0.15, 0.2) is 59.5 Å². The van der Waals surface area contributed by atoms with Crippen LogP contribution in [-0.4, -0.2) is 52.1 Å². The van der Waals surface area contributed by atoms with Crippen molar-refractivity contribution in [3.05, 3.63) is 70.7 Å². The summed E-state index contributed by atoms with van der Waals surface area (Å²) in [7, 11) is 3.72. The van der Waals surface area contributed by atoms with E-state index in [4.69, 9.17) is 4.84 Å². The highest BCUT2D eigenvalue weighted by atomic mass is 127. The highest BCUT2D eigenvalue weighted by molar-refractivity contribution is 14.2. The predicted molar refractivity (Wildman–Crippen MR) is 132 cm³/mol. The van der Waals surface area contributed by atoms with E-state index in [2.05, 4.69) is 51.3 Å². The minimum atomic E-state index is -0.412. The molecule has 0 amide bonds. The average Bonchev–Trinajstić information content (AvgIpc) is 3.14. The number of benzene rings is 1. The molecule has 158 valence electrons. The molecule has 2 aliphatic heterocycles. The Labute approximate surface area is 187 Å². The van der Waals surface area contributed by atoms with Gasteiger partial charge in [-0.1, -0.05) is 38.9 Å². The van der Waals surface area contributed by atoms with E-state index in [1.807, 2.05) is 18.2 Å². The fourth-order valence-corrected chi connectivity index (χ4v) is 6.24. The maximum Gasteiger partial charge on any atom is 0.271 e. The molecule has 0 aliphatic carbocycles. The topological polar surface area (TPSA) is 50.6 Å². The van der Waals surface area contributed by atoms with Crippen LogP contribution in [-0.2, 0) is 4.84 Å². The molecule has 0 N–H and O–H groups in total. The first-order valence-corrected chi connectivity index (χ1v) is 12.4. The number of allylic oxidation sites excluding steroid dienone is 3. The summed E-state index contributed by atoms with van der Waals surface area (Å²) < 4.78 is 4.77. The highest BCUT2D eigenvalue weighted by Gasteiger charge is 2.31. The van der Waals surface area contributed by atoms with Crippen LogP contribution < -0.4 is 10.5 Å². The Balaban J connectivity index is 1.47. The van der Waals surface area contributed by atoms with Gasteiger partial charge in [0.15, 0.2) is 0 Å². The van der Waals surface area contributed by atoms with Crippen LogP contribution in [0, 0.1) is 5.92 Å². The smallest absolute Gasteiger partial charge is 0.271 e. The Morgan fingerprint density at radius 2 is 2.03 bits per heavy atom. The number of anilines is 1. The first-order valence-electron chi connectivity index (χ1n) is 10.1. The van der Waals surface area contributed by atoms with Gasteiger partial charge in [-0.2, -0.15) is 14.8 Å². The van der Waals surface area contributed by atoms with E-state index in [-0.39, 0.29) is 5.56 Å². The third-order valence-electron chi connectivity index (χ3n) is 5.85. The summed E-state index contributed by atoms with van der Waals surface area (Å²) in [5.41, 5.74) is 3.63. The molecule has 2 unspecified atom stereocenters. The molecule has 7 heteroatoms. The maximum absolute atomic E-state index is 12.0. The van der Waals surface area contributed by atoms with E-state index in [1.54, 1.807) is 25.4 Å². The monoisotopic (exact) mass is 518 g/mol. The van der Waals surface area contributed by atoms with Crippen molar-refractivity contribution in [2.24, 2.45) is 5.92 Å². The Hall–Kier alpha value is -2.10. The lowest BCUT2D eigenvalue weighted by Crippen LogP contribution is -2.34. The van der Waals surface area contributed by atoms with Crippen molar-refractivity contribution in [3.63, 3.8) is 0 Å². The van der Waals surface area contributed by atoms with Crippen LogP contribution in [0.1, 0.15) is 18.9 Å². The van der Waals surface area contributed by atoms with Crippen molar-refractivity contribution in [2.45, 2.75) is 19.4 Å². The molecule has 6 nitrogen and oxygen atoms in total. The molecule has 2 aromatic rings. The van der Waals surface area contributed by atoms with Gasteiger partial charge >= 0.3 is 0 Å². The van der Waals surface area contributed by atoms with Crippen molar-refractivity contribution in [3.8, 4) is 0 Å². The zero-order valence-electron chi connectivity index (χ0n) is 17.5. The van der Waals surface area contributed by atoms with Gasteiger partial charge in [-0.15, -0.1) is 0 Å². The molecule has 2 atom stereocenters. The van der Waals surface area contributed by atoms with E-state index in [9.17, 15) is 4.79 Å².